The van der Waals surface area contributed by atoms with Crippen LogP contribution in [0.1, 0.15) is 26.2 Å². The van der Waals surface area contributed by atoms with Crippen molar-refractivity contribution in [1.82, 2.24) is 5.32 Å². The van der Waals surface area contributed by atoms with Crippen molar-refractivity contribution in [2.24, 2.45) is 11.7 Å². The SMILES string of the molecule is COCC(CN)(NC(C)CCO)C1CC1. The van der Waals surface area contributed by atoms with E-state index in [1.54, 1.807) is 7.11 Å². The van der Waals surface area contributed by atoms with Gasteiger partial charge in [0.1, 0.15) is 0 Å². The predicted octanol–water partition coefficient (Wildman–Crippen LogP) is 0.101. The van der Waals surface area contributed by atoms with Gasteiger partial charge in [-0.25, -0.2) is 0 Å². The molecular weight excluding hydrogens is 192 g/mol. The van der Waals surface area contributed by atoms with Gasteiger partial charge in [0.2, 0.25) is 0 Å². The van der Waals surface area contributed by atoms with E-state index < -0.39 is 0 Å². The summed E-state index contributed by atoms with van der Waals surface area (Å²) in [7, 11) is 1.71. The van der Waals surface area contributed by atoms with Crippen molar-refractivity contribution in [3.63, 3.8) is 0 Å². The van der Waals surface area contributed by atoms with E-state index in [0.29, 0.717) is 19.1 Å². The Bertz CT molecular complexity index is 185. The lowest BCUT2D eigenvalue weighted by molar-refractivity contribution is 0.0879. The quantitative estimate of drug-likeness (QED) is 0.538. The standard InChI is InChI=1S/C11H24N2O2/c1-9(5-6-14)13-11(7-12,8-15-2)10-3-4-10/h9-10,13-14H,3-8,12H2,1-2H3. The zero-order valence-electron chi connectivity index (χ0n) is 9.83. The van der Waals surface area contributed by atoms with Gasteiger partial charge in [-0.05, 0) is 32.1 Å². The number of aliphatic hydroxyl groups excluding tert-OH is 1. The molecule has 0 bridgehead atoms. The van der Waals surface area contributed by atoms with Crippen LogP contribution < -0.4 is 11.1 Å². The van der Waals surface area contributed by atoms with Crippen LogP contribution in [0.5, 0.6) is 0 Å². The van der Waals surface area contributed by atoms with Crippen molar-refractivity contribution in [2.75, 3.05) is 26.9 Å². The van der Waals surface area contributed by atoms with Crippen LogP contribution in [0.3, 0.4) is 0 Å². The second-order valence-electron chi connectivity index (χ2n) is 4.63. The molecule has 90 valence electrons. The molecule has 0 spiro atoms. The molecule has 2 atom stereocenters. The molecule has 0 aromatic heterocycles. The van der Waals surface area contributed by atoms with Gasteiger partial charge in [0.15, 0.2) is 0 Å². The van der Waals surface area contributed by atoms with E-state index in [1.807, 2.05) is 0 Å². The zero-order chi connectivity index (χ0) is 11.3. The van der Waals surface area contributed by atoms with Gasteiger partial charge in [0.25, 0.3) is 0 Å². The molecule has 4 heteroatoms. The largest absolute Gasteiger partial charge is 0.396 e. The number of aliphatic hydroxyl groups is 1. The topological polar surface area (TPSA) is 67.5 Å². The maximum Gasteiger partial charge on any atom is 0.0659 e. The van der Waals surface area contributed by atoms with Crippen LogP contribution in [-0.2, 0) is 4.74 Å². The summed E-state index contributed by atoms with van der Waals surface area (Å²) in [6.45, 7) is 3.55. The van der Waals surface area contributed by atoms with Crippen LogP contribution >= 0.6 is 0 Å². The zero-order valence-corrected chi connectivity index (χ0v) is 9.83. The molecule has 1 aliphatic carbocycles. The van der Waals surface area contributed by atoms with E-state index in [2.05, 4.69) is 12.2 Å². The van der Waals surface area contributed by atoms with E-state index in [1.165, 1.54) is 12.8 Å². The second kappa shape index (κ2) is 5.80. The van der Waals surface area contributed by atoms with Crippen molar-refractivity contribution in [3.05, 3.63) is 0 Å². The minimum absolute atomic E-state index is 0.0800. The highest BCUT2D eigenvalue weighted by Gasteiger charge is 2.44. The summed E-state index contributed by atoms with van der Waals surface area (Å²) in [5.41, 5.74) is 5.79. The van der Waals surface area contributed by atoms with E-state index in [0.717, 1.165) is 6.42 Å². The molecule has 1 saturated carbocycles. The van der Waals surface area contributed by atoms with Crippen molar-refractivity contribution in [2.45, 2.75) is 37.8 Å². The summed E-state index contributed by atoms with van der Waals surface area (Å²) in [4.78, 5) is 0. The van der Waals surface area contributed by atoms with Crippen LogP contribution in [0.15, 0.2) is 0 Å². The van der Waals surface area contributed by atoms with Crippen molar-refractivity contribution < 1.29 is 9.84 Å². The molecule has 0 amide bonds. The monoisotopic (exact) mass is 216 g/mol. The Labute approximate surface area is 92.2 Å². The average molecular weight is 216 g/mol. The second-order valence-corrected chi connectivity index (χ2v) is 4.63. The summed E-state index contributed by atoms with van der Waals surface area (Å²) in [6.07, 6.45) is 3.23. The van der Waals surface area contributed by atoms with Crippen LogP contribution in [0, 0.1) is 5.92 Å². The molecular formula is C11H24N2O2. The summed E-state index contributed by atoms with van der Waals surface area (Å²) in [5, 5.41) is 12.4. The Kier molecular flexibility index (Phi) is 4.99. The smallest absolute Gasteiger partial charge is 0.0659 e. The van der Waals surface area contributed by atoms with Gasteiger partial charge in [-0.15, -0.1) is 0 Å². The lowest BCUT2D eigenvalue weighted by Gasteiger charge is -2.36. The normalized spacial score (nSPS) is 22.4. The highest BCUT2D eigenvalue weighted by molar-refractivity contribution is 5.03. The van der Waals surface area contributed by atoms with Gasteiger partial charge >= 0.3 is 0 Å². The first kappa shape index (κ1) is 12.9. The van der Waals surface area contributed by atoms with Crippen LogP contribution in [0.25, 0.3) is 0 Å². The van der Waals surface area contributed by atoms with Gasteiger partial charge < -0.3 is 20.9 Å². The number of nitrogens with one attached hydrogen (secondary N) is 1. The Morgan fingerprint density at radius 1 is 1.60 bits per heavy atom. The molecule has 15 heavy (non-hydrogen) atoms. The number of ether oxygens (including phenoxy) is 1. The Morgan fingerprint density at radius 3 is 2.67 bits per heavy atom. The van der Waals surface area contributed by atoms with Gasteiger partial charge in [-0.2, -0.15) is 0 Å². The highest BCUT2D eigenvalue weighted by Crippen LogP contribution is 2.39. The Morgan fingerprint density at radius 2 is 2.27 bits per heavy atom. The fourth-order valence-corrected chi connectivity index (χ4v) is 2.21. The minimum atomic E-state index is -0.0800. The summed E-state index contributed by atoms with van der Waals surface area (Å²) >= 11 is 0. The number of hydrogen-bond donors (Lipinski definition) is 3. The number of rotatable bonds is 8. The molecule has 0 aromatic rings. The summed E-state index contributed by atoms with van der Waals surface area (Å²) in [5.74, 6) is 0.642. The maximum absolute atomic E-state index is 8.89. The van der Waals surface area contributed by atoms with Crippen LogP contribution in [0.2, 0.25) is 0 Å². The number of methoxy groups -OCH3 is 1. The molecule has 0 heterocycles. The maximum atomic E-state index is 8.89. The third kappa shape index (κ3) is 3.41. The third-order valence-corrected chi connectivity index (χ3v) is 3.22. The third-order valence-electron chi connectivity index (χ3n) is 3.22. The van der Waals surface area contributed by atoms with Crippen molar-refractivity contribution in [3.8, 4) is 0 Å². The van der Waals surface area contributed by atoms with Gasteiger partial charge in [0, 0.05) is 26.3 Å². The van der Waals surface area contributed by atoms with Crippen LogP contribution in [-0.4, -0.2) is 43.6 Å². The number of nitrogens with two attached hydrogens (primary N) is 1. The molecule has 0 aliphatic heterocycles. The molecule has 1 rings (SSSR count). The summed E-state index contributed by atoms with van der Waals surface area (Å²) in [6, 6.07) is 0.286. The van der Waals surface area contributed by atoms with E-state index in [9.17, 15) is 0 Å². The Hall–Kier alpha value is -0.160. The summed E-state index contributed by atoms with van der Waals surface area (Å²) < 4.78 is 5.27. The minimum Gasteiger partial charge on any atom is -0.396 e. The Balaban J connectivity index is 2.53. The van der Waals surface area contributed by atoms with Gasteiger partial charge in [-0.1, -0.05) is 0 Å². The first-order valence-corrected chi connectivity index (χ1v) is 5.76. The van der Waals surface area contributed by atoms with Gasteiger partial charge in [-0.3, -0.25) is 0 Å². The van der Waals surface area contributed by atoms with Crippen molar-refractivity contribution >= 4 is 0 Å². The predicted molar refractivity (Wildman–Crippen MR) is 60.7 cm³/mol. The lowest BCUT2D eigenvalue weighted by Crippen LogP contribution is -2.59. The molecule has 4 nitrogen and oxygen atoms in total. The fourth-order valence-electron chi connectivity index (χ4n) is 2.21. The lowest BCUT2D eigenvalue weighted by atomic mass is 9.92. The first-order valence-electron chi connectivity index (χ1n) is 5.76. The van der Waals surface area contributed by atoms with E-state index >= 15 is 0 Å². The van der Waals surface area contributed by atoms with Crippen molar-refractivity contribution in [1.29, 1.82) is 0 Å². The molecule has 1 aliphatic rings. The molecule has 2 unspecified atom stereocenters. The molecule has 1 fully saturated rings. The fraction of sp³-hybridized carbons (Fsp3) is 1.00. The molecule has 0 radical (unpaired) electrons. The van der Waals surface area contributed by atoms with Gasteiger partial charge in [0.05, 0.1) is 12.1 Å². The molecule has 0 aromatic carbocycles. The first-order chi connectivity index (χ1) is 7.18. The average Bonchev–Trinajstić information content (AvgIpc) is 3.01. The molecule has 4 N–H and O–H groups in total. The van der Waals surface area contributed by atoms with E-state index in [4.69, 9.17) is 15.6 Å². The van der Waals surface area contributed by atoms with E-state index in [-0.39, 0.29) is 18.2 Å². The highest BCUT2D eigenvalue weighted by atomic mass is 16.5. The number of hydrogen-bond acceptors (Lipinski definition) is 4. The van der Waals surface area contributed by atoms with Crippen LogP contribution in [0.4, 0.5) is 0 Å². The molecule has 0 saturated heterocycles.